The van der Waals surface area contributed by atoms with Crippen molar-refractivity contribution in [1.82, 2.24) is 0 Å². The van der Waals surface area contributed by atoms with Crippen LogP contribution in [-0.2, 0) is 0 Å². The summed E-state index contributed by atoms with van der Waals surface area (Å²) in [4.78, 5) is 4.80. The van der Waals surface area contributed by atoms with E-state index < -0.39 is 8.07 Å². The van der Waals surface area contributed by atoms with Crippen LogP contribution in [0.25, 0.3) is 44.2 Å². The molecule has 0 atom stereocenters. The monoisotopic (exact) mass is 834 g/mol. The third-order valence-corrected chi connectivity index (χ3v) is 17.8. The summed E-state index contributed by atoms with van der Waals surface area (Å²) in [7, 11) is -2.97. The van der Waals surface area contributed by atoms with Gasteiger partial charge in [-0.3, -0.25) is 0 Å². The van der Waals surface area contributed by atoms with Crippen molar-refractivity contribution in [2.24, 2.45) is 0 Å². The molecule has 0 fully saturated rings. The number of hydrogen-bond donors (Lipinski definition) is 0. The van der Waals surface area contributed by atoms with Crippen LogP contribution in [0.1, 0.15) is 0 Å². The van der Waals surface area contributed by atoms with Gasteiger partial charge in [-0.1, -0.05) is 176 Å². The first kappa shape index (κ1) is 37.6. The van der Waals surface area contributed by atoms with Crippen molar-refractivity contribution in [1.29, 1.82) is 0 Å². The Hall–Kier alpha value is -8.18. The van der Waals surface area contributed by atoms with Gasteiger partial charge >= 0.3 is 0 Å². The van der Waals surface area contributed by atoms with E-state index in [2.05, 4.69) is 252 Å². The van der Waals surface area contributed by atoms with Crippen molar-refractivity contribution < 1.29 is 4.42 Å². The quantitative estimate of drug-likeness (QED) is 0.135. The van der Waals surface area contributed by atoms with Gasteiger partial charge in [-0.15, -0.1) is 0 Å². The topological polar surface area (TPSA) is 19.6 Å². The molecule has 0 saturated heterocycles. The number of para-hydroxylation sites is 5. The molecular weight excluding hydrogens is 793 g/mol. The molecule has 3 nitrogen and oxygen atoms in total. The van der Waals surface area contributed by atoms with Gasteiger partial charge in [0, 0.05) is 44.8 Å². The second-order valence-corrected chi connectivity index (χ2v) is 20.1. The fourth-order valence-corrected chi connectivity index (χ4v) is 15.5. The summed E-state index contributed by atoms with van der Waals surface area (Å²) in [5, 5.41) is 7.70. The van der Waals surface area contributed by atoms with Gasteiger partial charge in [-0.25, -0.2) is 0 Å². The third-order valence-electron chi connectivity index (χ3n) is 12.9. The molecule has 0 radical (unpaired) electrons. The van der Waals surface area contributed by atoms with Gasteiger partial charge in [0.2, 0.25) is 0 Å². The molecule has 0 saturated carbocycles. The van der Waals surface area contributed by atoms with Crippen LogP contribution in [0.5, 0.6) is 0 Å². The van der Waals surface area contributed by atoms with E-state index in [0.29, 0.717) is 0 Å². The Morgan fingerprint density at radius 1 is 0.297 bits per heavy atom. The van der Waals surface area contributed by atoms with Crippen molar-refractivity contribution in [2.45, 2.75) is 0 Å². The van der Waals surface area contributed by atoms with Crippen molar-refractivity contribution in [2.75, 3.05) is 9.80 Å². The highest BCUT2D eigenvalue weighted by Crippen LogP contribution is 2.46. The smallest absolute Gasteiger partial charge is 0.180 e. The molecule has 0 N–H and O–H groups in total. The van der Waals surface area contributed by atoms with Crippen molar-refractivity contribution >= 4 is 84.9 Å². The summed E-state index contributed by atoms with van der Waals surface area (Å²) in [5.74, 6) is 0. The predicted molar refractivity (Wildman–Crippen MR) is 271 cm³/mol. The molecular formula is C60H42N2OSi. The Morgan fingerprint density at radius 3 is 1.45 bits per heavy atom. The number of hydrogen-bond acceptors (Lipinski definition) is 3. The normalized spacial score (nSPS) is 12.5. The zero-order chi connectivity index (χ0) is 42.5. The Balaban J connectivity index is 1.14. The van der Waals surface area contributed by atoms with Crippen LogP contribution in [0.3, 0.4) is 0 Å². The summed E-state index contributed by atoms with van der Waals surface area (Å²) < 4.78 is 6.33. The average molecular weight is 835 g/mol. The molecule has 11 aromatic rings. The van der Waals surface area contributed by atoms with E-state index in [-0.39, 0.29) is 0 Å². The van der Waals surface area contributed by atoms with Crippen LogP contribution in [0.2, 0.25) is 0 Å². The molecule has 0 bridgehead atoms. The second-order valence-electron chi connectivity index (χ2n) is 16.4. The lowest BCUT2D eigenvalue weighted by molar-refractivity contribution is 0.669. The maximum atomic E-state index is 6.33. The zero-order valence-electron chi connectivity index (χ0n) is 35.1. The molecule has 2 heterocycles. The van der Waals surface area contributed by atoms with Crippen LogP contribution in [-0.4, -0.2) is 8.07 Å². The molecule has 0 unspecified atom stereocenters. The summed E-state index contributed by atoms with van der Waals surface area (Å²) in [6.07, 6.45) is 0. The molecule has 10 aromatic carbocycles. The minimum absolute atomic E-state index is 0.882. The summed E-state index contributed by atoms with van der Waals surface area (Å²) in [6, 6.07) is 93.0. The summed E-state index contributed by atoms with van der Waals surface area (Å²) in [5.41, 5.74) is 13.4. The second kappa shape index (κ2) is 15.6. The zero-order valence-corrected chi connectivity index (χ0v) is 36.1. The highest BCUT2D eigenvalue weighted by Gasteiger charge is 2.50. The minimum atomic E-state index is -2.97. The summed E-state index contributed by atoms with van der Waals surface area (Å²) >= 11 is 0. The standard InChI is InChI=1S/C60H42N2OSi/c1-6-21-43(22-7-1)61(46-38-40-57-54(41-46)51-32-17-19-35-56(51)63-57)47-37-39-53-59(42-47)64(48-27-12-4-13-28-48,49-29-14-5-15-30-49)58-36-20-33-52(60(53)58)50-31-16-18-34-55(50)62(44-23-8-2-9-24-44)45-25-10-3-11-26-45/h1-42H. The Bertz CT molecular complexity index is 3360. The van der Waals surface area contributed by atoms with Crippen molar-refractivity contribution in [3.8, 4) is 22.3 Å². The van der Waals surface area contributed by atoms with E-state index in [4.69, 9.17) is 4.42 Å². The highest BCUT2D eigenvalue weighted by molar-refractivity contribution is 7.22. The molecule has 1 aliphatic heterocycles. The van der Waals surface area contributed by atoms with E-state index in [1.54, 1.807) is 0 Å². The molecule has 1 aliphatic rings. The molecule has 1 aromatic heterocycles. The van der Waals surface area contributed by atoms with Gasteiger partial charge in [0.05, 0.1) is 5.69 Å². The molecule has 12 rings (SSSR count). The van der Waals surface area contributed by atoms with Gasteiger partial charge < -0.3 is 14.2 Å². The van der Waals surface area contributed by atoms with E-state index in [1.165, 1.54) is 43.0 Å². The number of anilines is 6. The largest absolute Gasteiger partial charge is 0.456 e. The van der Waals surface area contributed by atoms with Gasteiger partial charge in [-0.05, 0) is 116 Å². The SMILES string of the molecule is c1ccc(N(c2ccc3c(c2)[Si](c2ccccc2)(c2ccccc2)c2cccc(-c4ccccc4N(c4ccccc4)c4ccccc4)c2-3)c2ccc3oc4ccccc4c3c2)cc1. The Morgan fingerprint density at radius 2 is 0.797 bits per heavy atom. The first-order chi connectivity index (χ1) is 31.8. The lowest BCUT2D eigenvalue weighted by Crippen LogP contribution is -2.72. The fraction of sp³-hybridized carbons (Fsp3) is 0. The van der Waals surface area contributed by atoms with Gasteiger partial charge in [0.15, 0.2) is 8.07 Å². The minimum Gasteiger partial charge on any atom is -0.456 e. The first-order valence-electron chi connectivity index (χ1n) is 21.9. The number of fused-ring (bicyclic) bond motifs is 6. The number of rotatable bonds is 9. The first-order valence-corrected chi connectivity index (χ1v) is 23.9. The van der Waals surface area contributed by atoms with Crippen molar-refractivity contribution in [3.05, 3.63) is 255 Å². The predicted octanol–water partition coefficient (Wildman–Crippen LogP) is 13.6. The lowest BCUT2D eigenvalue weighted by Gasteiger charge is -2.33. The van der Waals surface area contributed by atoms with E-state index in [0.717, 1.165) is 56.1 Å². The molecule has 302 valence electrons. The van der Waals surface area contributed by atoms with Gasteiger partial charge in [0.1, 0.15) is 11.2 Å². The third kappa shape index (κ3) is 6.03. The number of nitrogens with zero attached hydrogens (tertiary/aromatic N) is 2. The molecule has 64 heavy (non-hydrogen) atoms. The highest BCUT2D eigenvalue weighted by atomic mass is 28.3. The van der Waals surface area contributed by atoms with Crippen molar-refractivity contribution in [3.63, 3.8) is 0 Å². The molecule has 0 spiro atoms. The fourth-order valence-electron chi connectivity index (χ4n) is 10.2. The van der Waals surface area contributed by atoms with Crippen LogP contribution < -0.4 is 30.5 Å². The van der Waals surface area contributed by atoms with Gasteiger partial charge in [-0.2, -0.15) is 0 Å². The maximum absolute atomic E-state index is 6.33. The maximum Gasteiger partial charge on any atom is 0.180 e. The van der Waals surface area contributed by atoms with Gasteiger partial charge in [0.25, 0.3) is 0 Å². The number of benzene rings is 10. The van der Waals surface area contributed by atoms with Crippen LogP contribution in [0, 0.1) is 0 Å². The average Bonchev–Trinajstić information content (AvgIpc) is 3.89. The van der Waals surface area contributed by atoms with E-state index in [9.17, 15) is 0 Å². The lowest BCUT2D eigenvalue weighted by atomic mass is 9.92. The Kier molecular flexibility index (Phi) is 9.17. The van der Waals surface area contributed by atoms with Crippen LogP contribution >= 0.6 is 0 Å². The number of furan rings is 1. The molecule has 0 amide bonds. The van der Waals surface area contributed by atoms with E-state index >= 15 is 0 Å². The molecule has 0 aliphatic carbocycles. The molecule has 4 heteroatoms. The van der Waals surface area contributed by atoms with Crippen LogP contribution in [0.15, 0.2) is 259 Å². The van der Waals surface area contributed by atoms with E-state index in [1.807, 2.05) is 12.1 Å². The van der Waals surface area contributed by atoms with Crippen LogP contribution in [0.4, 0.5) is 34.1 Å². The summed E-state index contributed by atoms with van der Waals surface area (Å²) in [6.45, 7) is 0. The Labute approximate surface area is 374 Å².